The predicted octanol–water partition coefficient (Wildman–Crippen LogP) is 4.92. The van der Waals surface area contributed by atoms with Crippen LogP contribution in [0.3, 0.4) is 0 Å². The van der Waals surface area contributed by atoms with Crippen molar-refractivity contribution in [2.45, 2.75) is 30.7 Å². The molecule has 12 heteroatoms. The van der Waals surface area contributed by atoms with Gasteiger partial charge in [-0.1, -0.05) is 28.6 Å². The maximum atomic E-state index is 13.7. The van der Waals surface area contributed by atoms with Crippen LogP contribution >= 0.6 is 11.6 Å². The van der Waals surface area contributed by atoms with Crippen LogP contribution in [0.2, 0.25) is 5.02 Å². The van der Waals surface area contributed by atoms with Crippen molar-refractivity contribution in [3.05, 3.63) is 82.0 Å². The van der Waals surface area contributed by atoms with Gasteiger partial charge in [0, 0.05) is 25.0 Å². The highest BCUT2D eigenvalue weighted by atomic mass is 35.5. The van der Waals surface area contributed by atoms with E-state index in [9.17, 15) is 22.0 Å². The number of benzene rings is 2. The van der Waals surface area contributed by atoms with E-state index >= 15 is 0 Å². The molecule has 2 aromatic carbocycles. The molecule has 4 rings (SSSR count). The zero-order valence-electron chi connectivity index (χ0n) is 20.1. The lowest BCUT2D eigenvalue weighted by molar-refractivity contribution is 0.0713. The van der Waals surface area contributed by atoms with Crippen molar-refractivity contribution in [3.8, 4) is 0 Å². The molecule has 1 aromatic heterocycles. The summed E-state index contributed by atoms with van der Waals surface area (Å²) in [5, 5.41) is 2.14. The van der Waals surface area contributed by atoms with E-state index in [0.717, 1.165) is 18.9 Å². The first kappa shape index (κ1) is 26.9. The van der Waals surface area contributed by atoms with E-state index in [2.05, 4.69) is 15.1 Å². The number of hydrogen-bond donors (Lipinski definition) is 2. The van der Waals surface area contributed by atoms with Crippen molar-refractivity contribution in [2.24, 2.45) is 0 Å². The number of piperidine rings is 1. The Labute approximate surface area is 218 Å². The maximum absolute atomic E-state index is 13.7. The maximum Gasteiger partial charge on any atom is 0.281 e. The first-order chi connectivity index (χ1) is 17.6. The number of halogens is 3. The number of rotatable bonds is 7. The Morgan fingerprint density at radius 1 is 1.11 bits per heavy atom. The third-order valence-corrected chi connectivity index (χ3v) is 7.92. The summed E-state index contributed by atoms with van der Waals surface area (Å²) in [5.41, 5.74) is 2.04. The van der Waals surface area contributed by atoms with Crippen LogP contribution in [-0.2, 0) is 14.9 Å². The second-order valence-corrected chi connectivity index (χ2v) is 10.6. The third-order valence-electron chi connectivity index (χ3n) is 6.24. The van der Waals surface area contributed by atoms with Crippen molar-refractivity contribution in [2.75, 3.05) is 25.5 Å². The molecule has 196 valence electrons. The van der Waals surface area contributed by atoms with Crippen LogP contribution in [0.4, 0.5) is 20.2 Å². The second kappa shape index (κ2) is 11.1. The summed E-state index contributed by atoms with van der Waals surface area (Å²) in [6.45, 7) is 2.52. The van der Waals surface area contributed by atoms with Crippen LogP contribution in [-0.4, -0.2) is 44.4 Å². The van der Waals surface area contributed by atoms with Gasteiger partial charge in [-0.3, -0.25) is 9.63 Å². The molecule has 0 spiro atoms. The van der Waals surface area contributed by atoms with Crippen molar-refractivity contribution < 1.29 is 26.8 Å². The quantitative estimate of drug-likeness (QED) is 0.405. The number of pyridine rings is 1. The second-order valence-electron chi connectivity index (χ2n) is 8.66. The number of aryl methyl sites for hydroxylation is 1. The molecule has 3 aromatic rings. The summed E-state index contributed by atoms with van der Waals surface area (Å²) in [6.07, 6.45) is 2.48. The van der Waals surface area contributed by atoms with Gasteiger partial charge in [0.25, 0.3) is 15.9 Å². The molecule has 0 unspecified atom stereocenters. The molecule has 1 saturated heterocycles. The molecule has 1 fully saturated rings. The molecule has 0 saturated carbocycles. The lowest BCUT2D eigenvalue weighted by atomic mass is 9.89. The number of carbonyl (C=O) groups is 1. The fourth-order valence-corrected chi connectivity index (χ4v) is 5.64. The van der Waals surface area contributed by atoms with Crippen molar-refractivity contribution in [3.63, 3.8) is 0 Å². The van der Waals surface area contributed by atoms with Gasteiger partial charge in [0.1, 0.15) is 16.7 Å². The minimum atomic E-state index is -4.25. The highest BCUT2D eigenvalue weighted by Gasteiger charge is 2.30. The highest BCUT2D eigenvalue weighted by molar-refractivity contribution is 7.89. The summed E-state index contributed by atoms with van der Waals surface area (Å²) in [6, 6.07) is 10.3. The van der Waals surface area contributed by atoms with Gasteiger partial charge in [-0.2, -0.15) is 0 Å². The number of nitrogens with zero attached hydrogens (tertiary/aromatic N) is 2. The molecule has 1 aliphatic heterocycles. The van der Waals surface area contributed by atoms with Gasteiger partial charge in [-0.05, 0) is 67.1 Å². The fraction of sp³-hybridized carbons (Fsp3) is 0.280. The van der Waals surface area contributed by atoms with Gasteiger partial charge < -0.3 is 10.2 Å². The molecule has 8 nitrogen and oxygen atoms in total. The van der Waals surface area contributed by atoms with Crippen molar-refractivity contribution in [1.29, 1.82) is 0 Å². The number of amides is 1. The van der Waals surface area contributed by atoms with Gasteiger partial charge >= 0.3 is 0 Å². The zero-order chi connectivity index (χ0) is 26.7. The van der Waals surface area contributed by atoms with Crippen molar-refractivity contribution in [1.82, 2.24) is 14.8 Å². The van der Waals surface area contributed by atoms with Crippen LogP contribution < -0.4 is 10.2 Å². The van der Waals surface area contributed by atoms with E-state index in [4.69, 9.17) is 11.6 Å². The Bertz CT molecular complexity index is 1410. The first-order valence-corrected chi connectivity index (χ1v) is 13.3. The standard InChI is InChI=1S/C25H25ClF2N4O4S/c1-15-13-19(28)7-8-21(15)30-23-20(14-29-24(22(23)26)37(34,35)31-36-2)25(33)32-11-9-17(10-12-32)16-3-5-18(27)6-4-16/h3-8,13-14,17,31H,9-12H2,1-2H3,(H,29,30). The lowest BCUT2D eigenvalue weighted by Crippen LogP contribution is -2.38. The summed E-state index contributed by atoms with van der Waals surface area (Å²) in [7, 11) is -3.12. The molecular formula is C25H25ClF2N4O4S. The molecule has 0 radical (unpaired) electrons. The molecule has 37 heavy (non-hydrogen) atoms. The molecule has 1 amide bonds. The molecule has 0 atom stereocenters. The zero-order valence-corrected chi connectivity index (χ0v) is 21.7. The molecule has 2 N–H and O–H groups in total. The number of hydrogen-bond acceptors (Lipinski definition) is 6. The SMILES string of the molecule is CONS(=O)(=O)c1ncc(C(=O)N2CCC(c3ccc(F)cc3)CC2)c(Nc2ccc(F)cc2C)c1Cl. The Hall–Kier alpha value is -3.12. The Kier molecular flexibility index (Phi) is 8.08. The number of anilines is 2. The first-order valence-electron chi connectivity index (χ1n) is 11.4. The van der Waals surface area contributed by atoms with Gasteiger partial charge in [0.15, 0.2) is 5.03 Å². The summed E-state index contributed by atoms with van der Waals surface area (Å²) in [4.78, 5) is 25.5. The Balaban J connectivity index is 1.66. The molecule has 2 heterocycles. The van der Waals surface area contributed by atoms with Crippen LogP contribution in [0.25, 0.3) is 0 Å². The highest BCUT2D eigenvalue weighted by Crippen LogP contribution is 2.36. The van der Waals surface area contributed by atoms with E-state index in [1.165, 1.54) is 30.3 Å². The topological polar surface area (TPSA) is 101 Å². The summed E-state index contributed by atoms with van der Waals surface area (Å²) >= 11 is 6.49. The summed E-state index contributed by atoms with van der Waals surface area (Å²) < 4.78 is 52.1. The third kappa shape index (κ3) is 5.90. The van der Waals surface area contributed by atoms with Crippen LogP contribution in [0.5, 0.6) is 0 Å². The van der Waals surface area contributed by atoms with E-state index in [0.29, 0.717) is 37.2 Å². The minimum absolute atomic E-state index is 0.0218. The van der Waals surface area contributed by atoms with Crippen LogP contribution in [0.1, 0.15) is 40.2 Å². The number of sulfonamides is 1. The van der Waals surface area contributed by atoms with Crippen LogP contribution in [0.15, 0.2) is 53.7 Å². The van der Waals surface area contributed by atoms with Crippen molar-refractivity contribution >= 4 is 38.9 Å². The van der Waals surface area contributed by atoms with Crippen LogP contribution in [0, 0.1) is 18.6 Å². The Morgan fingerprint density at radius 3 is 2.38 bits per heavy atom. The predicted molar refractivity (Wildman–Crippen MR) is 135 cm³/mol. The van der Waals surface area contributed by atoms with E-state index in [1.807, 2.05) is 4.89 Å². The smallest absolute Gasteiger partial charge is 0.281 e. The monoisotopic (exact) mass is 550 g/mol. The summed E-state index contributed by atoms with van der Waals surface area (Å²) in [5.74, 6) is -0.962. The van der Waals surface area contributed by atoms with Gasteiger partial charge in [0.2, 0.25) is 0 Å². The van der Waals surface area contributed by atoms with E-state index in [1.54, 1.807) is 24.0 Å². The number of aromatic nitrogens is 1. The average molecular weight is 551 g/mol. The number of likely N-dealkylation sites (tertiary alicyclic amines) is 1. The molecule has 0 bridgehead atoms. The molecule has 0 aliphatic carbocycles. The largest absolute Gasteiger partial charge is 0.353 e. The lowest BCUT2D eigenvalue weighted by Gasteiger charge is -2.33. The van der Waals surface area contributed by atoms with Gasteiger partial charge in [0.05, 0.1) is 18.4 Å². The van der Waals surface area contributed by atoms with E-state index in [-0.39, 0.29) is 28.0 Å². The Morgan fingerprint density at radius 2 is 1.76 bits per heavy atom. The van der Waals surface area contributed by atoms with Gasteiger partial charge in [-0.15, -0.1) is 0 Å². The number of nitrogens with one attached hydrogen (secondary N) is 2. The number of carbonyl (C=O) groups excluding carboxylic acids is 1. The normalized spacial score (nSPS) is 14.6. The fourth-order valence-electron chi connectivity index (χ4n) is 4.31. The molecular weight excluding hydrogens is 526 g/mol. The average Bonchev–Trinajstić information content (AvgIpc) is 2.86. The molecule has 1 aliphatic rings. The van der Waals surface area contributed by atoms with Gasteiger partial charge in [-0.25, -0.2) is 22.2 Å². The minimum Gasteiger partial charge on any atom is -0.353 e. The van der Waals surface area contributed by atoms with E-state index < -0.39 is 26.8 Å².